The summed E-state index contributed by atoms with van der Waals surface area (Å²) in [6.07, 6.45) is 0. The number of hydrogen-bond donors (Lipinski definition) is 0. The van der Waals surface area contributed by atoms with Gasteiger partial charge in [-0.3, -0.25) is 9.59 Å². The molecule has 4 nitrogen and oxygen atoms in total. The molecule has 3 rings (SSSR count). The Morgan fingerprint density at radius 1 is 1.17 bits per heavy atom. The van der Waals surface area contributed by atoms with E-state index in [-0.39, 0.29) is 5.78 Å². The summed E-state index contributed by atoms with van der Waals surface area (Å²) in [6, 6.07) is 15.1. The quantitative estimate of drug-likeness (QED) is 0.628. The first-order valence-electron chi connectivity index (χ1n) is 7.58. The number of carbonyl (C=O) groups is 2. The highest BCUT2D eigenvalue weighted by molar-refractivity contribution is 8.13. The number of rotatable bonds is 3. The van der Waals surface area contributed by atoms with Crippen molar-refractivity contribution in [1.82, 2.24) is 0 Å². The van der Waals surface area contributed by atoms with E-state index in [2.05, 4.69) is 4.99 Å². The number of hydrogen-bond acceptors (Lipinski definition) is 5. The number of benzene rings is 2. The van der Waals surface area contributed by atoms with Gasteiger partial charge in [-0.15, -0.1) is 11.8 Å². The number of aliphatic imine (C=N–C) groups is 1. The zero-order chi connectivity index (χ0) is 17.1. The van der Waals surface area contributed by atoms with Crippen LogP contribution in [0.2, 0.25) is 0 Å². The van der Waals surface area contributed by atoms with Crippen molar-refractivity contribution in [2.75, 3.05) is 7.11 Å². The minimum Gasteiger partial charge on any atom is -0.468 e. The maximum atomic E-state index is 12.7. The maximum Gasteiger partial charge on any atom is 0.323 e. The summed E-state index contributed by atoms with van der Waals surface area (Å²) < 4.78 is 4.83. The number of aryl methyl sites for hydroxylation is 1. The number of ether oxygens (including phenoxy) is 1. The summed E-state index contributed by atoms with van der Waals surface area (Å²) in [5, 5.41) is 0.494. The highest BCUT2D eigenvalue weighted by Crippen LogP contribution is 2.34. The van der Waals surface area contributed by atoms with Crippen LogP contribution in [-0.4, -0.2) is 23.9 Å². The van der Waals surface area contributed by atoms with Crippen molar-refractivity contribution in [2.45, 2.75) is 12.7 Å². The van der Waals surface area contributed by atoms with Crippen molar-refractivity contribution in [2.24, 2.45) is 10.9 Å². The molecule has 2 aromatic carbocycles. The van der Waals surface area contributed by atoms with Gasteiger partial charge in [0.2, 0.25) is 0 Å². The summed E-state index contributed by atoms with van der Waals surface area (Å²) in [5.41, 5.74) is 3.39. The predicted octanol–water partition coefficient (Wildman–Crippen LogP) is 3.94. The lowest BCUT2D eigenvalue weighted by Gasteiger charge is -2.21. The van der Waals surface area contributed by atoms with Gasteiger partial charge in [-0.1, -0.05) is 36.4 Å². The van der Waals surface area contributed by atoms with Crippen LogP contribution in [0, 0.1) is 12.8 Å². The van der Waals surface area contributed by atoms with E-state index in [1.54, 1.807) is 18.2 Å². The molecule has 1 aliphatic heterocycles. The number of fused-ring (bicyclic) bond motifs is 1. The van der Waals surface area contributed by atoms with Gasteiger partial charge in [0.25, 0.3) is 0 Å². The number of carbonyl (C=O) groups excluding carboxylic acids is 2. The fourth-order valence-electron chi connectivity index (χ4n) is 2.60. The zero-order valence-electron chi connectivity index (χ0n) is 13.5. The van der Waals surface area contributed by atoms with Crippen molar-refractivity contribution in [1.29, 1.82) is 0 Å². The first-order valence-corrected chi connectivity index (χ1v) is 8.57. The molecule has 2 aromatic rings. The minimum atomic E-state index is -0.973. The van der Waals surface area contributed by atoms with Crippen LogP contribution in [0.3, 0.4) is 0 Å². The van der Waals surface area contributed by atoms with Crippen molar-refractivity contribution in [3.63, 3.8) is 0 Å². The second-order valence-corrected chi connectivity index (χ2v) is 6.50. The SMILES string of the molecule is COC(=O)C1C(=O)c2ccccc2N=C1SCc1ccccc1C. The number of ketones is 1. The molecular weight excluding hydrogens is 322 g/mol. The molecule has 0 saturated heterocycles. The number of esters is 1. The minimum absolute atomic E-state index is 0.250. The summed E-state index contributed by atoms with van der Waals surface area (Å²) in [4.78, 5) is 29.4. The van der Waals surface area contributed by atoms with Gasteiger partial charge in [-0.25, -0.2) is 4.99 Å². The Morgan fingerprint density at radius 2 is 1.88 bits per heavy atom. The van der Waals surface area contributed by atoms with Crippen LogP contribution in [0.15, 0.2) is 53.5 Å². The fourth-order valence-corrected chi connectivity index (χ4v) is 3.76. The van der Waals surface area contributed by atoms with Crippen molar-refractivity contribution < 1.29 is 14.3 Å². The standard InChI is InChI=1S/C19H17NO3S/c1-12-7-3-4-8-13(12)11-24-18-16(19(22)23-2)17(21)14-9-5-6-10-15(14)20-18/h3-10,16H,11H2,1-2H3. The van der Waals surface area contributed by atoms with Crippen LogP contribution in [-0.2, 0) is 15.3 Å². The molecule has 0 fully saturated rings. The Kier molecular flexibility index (Phi) is 4.81. The molecule has 1 unspecified atom stereocenters. The Hall–Kier alpha value is -2.40. The van der Waals surface area contributed by atoms with Gasteiger partial charge in [-0.2, -0.15) is 0 Å². The Labute approximate surface area is 144 Å². The van der Waals surface area contributed by atoms with Gasteiger partial charge in [0.05, 0.1) is 17.8 Å². The van der Waals surface area contributed by atoms with E-state index in [4.69, 9.17) is 4.74 Å². The van der Waals surface area contributed by atoms with Crippen LogP contribution in [0.1, 0.15) is 21.5 Å². The van der Waals surface area contributed by atoms with E-state index in [0.717, 1.165) is 5.56 Å². The highest BCUT2D eigenvalue weighted by atomic mass is 32.2. The first kappa shape index (κ1) is 16.5. The lowest BCUT2D eigenvalue weighted by molar-refractivity contribution is -0.141. The normalized spacial score (nSPS) is 16.3. The molecule has 1 heterocycles. The van der Waals surface area contributed by atoms with Gasteiger partial charge in [0.15, 0.2) is 11.7 Å². The van der Waals surface area contributed by atoms with Crippen LogP contribution in [0.25, 0.3) is 0 Å². The third-order valence-corrected chi connectivity index (χ3v) is 5.06. The van der Waals surface area contributed by atoms with Crippen LogP contribution in [0.5, 0.6) is 0 Å². The molecule has 0 radical (unpaired) electrons. The molecule has 0 saturated carbocycles. The first-order chi connectivity index (χ1) is 11.6. The monoisotopic (exact) mass is 339 g/mol. The molecule has 0 N–H and O–H groups in total. The number of nitrogens with zero attached hydrogens (tertiary/aromatic N) is 1. The van der Waals surface area contributed by atoms with Crippen molar-refractivity contribution in [3.05, 3.63) is 65.2 Å². The third kappa shape index (κ3) is 3.12. The smallest absolute Gasteiger partial charge is 0.323 e. The summed E-state index contributed by atoms with van der Waals surface area (Å²) >= 11 is 1.41. The molecule has 5 heteroatoms. The van der Waals surface area contributed by atoms with Gasteiger partial charge in [0, 0.05) is 11.3 Å². The van der Waals surface area contributed by atoms with Crippen molar-refractivity contribution in [3.8, 4) is 0 Å². The molecule has 0 aromatic heterocycles. The van der Waals surface area contributed by atoms with E-state index in [1.165, 1.54) is 24.4 Å². The Morgan fingerprint density at radius 3 is 2.62 bits per heavy atom. The Bertz CT molecular complexity index is 829. The number of Topliss-reactive ketones (excluding diaryl/α,β-unsaturated/α-hetero) is 1. The van der Waals surface area contributed by atoms with Crippen LogP contribution in [0.4, 0.5) is 5.69 Å². The number of para-hydroxylation sites is 1. The summed E-state index contributed by atoms with van der Waals surface area (Å²) in [6.45, 7) is 2.04. The second-order valence-electron chi connectivity index (χ2n) is 5.50. The molecule has 0 aliphatic carbocycles. The molecule has 0 bridgehead atoms. The average molecular weight is 339 g/mol. The summed E-state index contributed by atoms with van der Waals surface area (Å²) in [5.74, 6) is -1.14. The van der Waals surface area contributed by atoms with E-state index in [9.17, 15) is 9.59 Å². The van der Waals surface area contributed by atoms with Gasteiger partial charge in [-0.05, 0) is 30.2 Å². The van der Waals surface area contributed by atoms with Crippen LogP contribution >= 0.6 is 11.8 Å². The fraction of sp³-hybridized carbons (Fsp3) is 0.211. The molecule has 1 atom stereocenters. The lowest BCUT2D eigenvalue weighted by atomic mass is 9.94. The topological polar surface area (TPSA) is 55.7 Å². The number of methoxy groups -OCH3 is 1. The van der Waals surface area contributed by atoms with Crippen molar-refractivity contribution >= 4 is 34.2 Å². The lowest BCUT2D eigenvalue weighted by Crippen LogP contribution is -2.33. The average Bonchev–Trinajstić information content (AvgIpc) is 2.60. The molecule has 0 spiro atoms. The van der Waals surface area contributed by atoms with E-state index < -0.39 is 11.9 Å². The predicted molar refractivity (Wildman–Crippen MR) is 95.8 cm³/mol. The van der Waals surface area contributed by atoms with Gasteiger partial charge >= 0.3 is 5.97 Å². The highest BCUT2D eigenvalue weighted by Gasteiger charge is 2.38. The molecule has 0 amide bonds. The molecule has 122 valence electrons. The largest absolute Gasteiger partial charge is 0.468 e. The van der Waals surface area contributed by atoms with Gasteiger partial charge < -0.3 is 4.74 Å². The maximum absolute atomic E-state index is 12.7. The van der Waals surface area contributed by atoms with E-state index >= 15 is 0 Å². The number of thioether (sulfide) groups is 1. The van der Waals surface area contributed by atoms with Crippen LogP contribution < -0.4 is 0 Å². The van der Waals surface area contributed by atoms with Gasteiger partial charge in [0.1, 0.15) is 0 Å². The molecular formula is C19H17NO3S. The second kappa shape index (κ2) is 7.01. The Balaban J connectivity index is 1.93. The van der Waals surface area contributed by atoms with E-state index in [1.807, 2.05) is 37.3 Å². The molecule has 1 aliphatic rings. The zero-order valence-corrected chi connectivity index (χ0v) is 14.3. The third-order valence-electron chi connectivity index (χ3n) is 3.98. The summed E-state index contributed by atoms with van der Waals surface area (Å²) in [7, 11) is 1.29. The van der Waals surface area contributed by atoms with E-state index in [0.29, 0.717) is 22.0 Å². The molecule has 24 heavy (non-hydrogen) atoms.